The molecular weight excluding hydrogens is 372 g/mol. The van der Waals surface area contributed by atoms with Crippen LogP contribution in [0.1, 0.15) is 10.1 Å². The molecule has 1 saturated heterocycles. The number of thioether (sulfide) groups is 2. The molecule has 0 atom stereocenters. The Hall–Kier alpha value is -1.99. The number of benzene rings is 2. The lowest BCUT2D eigenvalue weighted by Gasteiger charge is -2.14. The molecule has 5 nitrogen and oxygen atoms in total. The van der Waals surface area contributed by atoms with E-state index in [1.165, 1.54) is 5.56 Å². The van der Waals surface area contributed by atoms with Crippen molar-refractivity contribution in [1.29, 1.82) is 0 Å². The van der Waals surface area contributed by atoms with Crippen molar-refractivity contribution in [3.63, 3.8) is 0 Å². The lowest BCUT2D eigenvalue weighted by molar-refractivity contribution is -0.136. The highest BCUT2D eigenvalue weighted by atomic mass is 32.2. The number of methoxy groups -OCH3 is 2. The van der Waals surface area contributed by atoms with Gasteiger partial charge in [0.15, 0.2) is 18.1 Å². The van der Waals surface area contributed by atoms with E-state index >= 15 is 0 Å². The van der Waals surface area contributed by atoms with Gasteiger partial charge in [0.1, 0.15) is 11.5 Å². The maximum atomic E-state index is 12.1. The van der Waals surface area contributed by atoms with Crippen molar-refractivity contribution in [2.75, 3.05) is 32.3 Å². The first-order chi connectivity index (χ1) is 12.7. The minimum atomic E-state index is -0.489. The van der Waals surface area contributed by atoms with Gasteiger partial charge in [-0.3, -0.25) is 0 Å². The summed E-state index contributed by atoms with van der Waals surface area (Å²) in [5.41, 5.74) is 1.17. The van der Waals surface area contributed by atoms with Crippen LogP contribution in [0.3, 0.4) is 0 Å². The quantitative estimate of drug-likeness (QED) is 0.518. The van der Waals surface area contributed by atoms with Crippen LogP contribution in [0, 0.1) is 0 Å². The van der Waals surface area contributed by atoms with E-state index in [2.05, 4.69) is 0 Å². The first-order valence-corrected chi connectivity index (χ1v) is 10.2. The van der Waals surface area contributed by atoms with Crippen LogP contribution in [0.4, 0.5) is 0 Å². The molecule has 0 saturated carbocycles. The standard InChI is InChI=1S/C19H20O5S2/c1-21-14-4-6-15(7-5-14)23-12-18(20)24-16-8-3-13(11-17(16)22-2)19-25-9-10-26-19/h3-8,11,19H,9-10,12H2,1-2H3. The normalized spacial score (nSPS) is 14.1. The van der Waals surface area contributed by atoms with Crippen LogP contribution in [-0.2, 0) is 4.79 Å². The average Bonchev–Trinajstić information content (AvgIpc) is 3.22. The van der Waals surface area contributed by atoms with E-state index in [0.29, 0.717) is 21.8 Å². The van der Waals surface area contributed by atoms with Crippen LogP contribution < -0.4 is 18.9 Å². The fraction of sp³-hybridized carbons (Fsp3) is 0.316. The second kappa shape index (κ2) is 9.09. The van der Waals surface area contributed by atoms with Gasteiger partial charge in [0, 0.05) is 11.5 Å². The third-order valence-electron chi connectivity index (χ3n) is 3.72. The second-order valence-corrected chi connectivity index (χ2v) is 8.15. The first-order valence-electron chi connectivity index (χ1n) is 8.08. The third-order valence-corrected chi connectivity index (χ3v) is 6.83. The molecule has 0 radical (unpaired) electrons. The number of hydrogen-bond donors (Lipinski definition) is 0. The van der Waals surface area contributed by atoms with Gasteiger partial charge in [0.2, 0.25) is 0 Å². The number of hydrogen-bond acceptors (Lipinski definition) is 7. The molecule has 0 N–H and O–H groups in total. The van der Waals surface area contributed by atoms with Crippen molar-refractivity contribution in [2.45, 2.75) is 4.58 Å². The number of carbonyl (C=O) groups is 1. The zero-order chi connectivity index (χ0) is 18.4. The largest absolute Gasteiger partial charge is 0.497 e. The van der Waals surface area contributed by atoms with Gasteiger partial charge in [-0.15, -0.1) is 23.5 Å². The Balaban J connectivity index is 1.59. The first kappa shape index (κ1) is 18.8. The van der Waals surface area contributed by atoms with E-state index < -0.39 is 5.97 Å². The minimum Gasteiger partial charge on any atom is -0.497 e. The van der Waals surface area contributed by atoms with Gasteiger partial charge in [0.05, 0.1) is 18.8 Å². The molecule has 0 bridgehead atoms. The molecule has 1 aliphatic heterocycles. The molecule has 7 heteroatoms. The van der Waals surface area contributed by atoms with E-state index in [1.54, 1.807) is 44.6 Å². The molecule has 1 fully saturated rings. The zero-order valence-electron chi connectivity index (χ0n) is 14.6. The van der Waals surface area contributed by atoms with Crippen molar-refractivity contribution in [3.8, 4) is 23.0 Å². The summed E-state index contributed by atoms with van der Waals surface area (Å²) in [5.74, 6) is 4.05. The summed E-state index contributed by atoms with van der Waals surface area (Å²) in [6.07, 6.45) is 0. The van der Waals surface area contributed by atoms with E-state index in [0.717, 1.165) is 17.3 Å². The fourth-order valence-electron chi connectivity index (χ4n) is 2.43. The SMILES string of the molecule is COc1ccc(OCC(=O)Oc2ccc(C3SCCS3)cc2OC)cc1. The summed E-state index contributed by atoms with van der Waals surface area (Å²) < 4.78 is 21.7. The maximum absolute atomic E-state index is 12.1. The van der Waals surface area contributed by atoms with Crippen molar-refractivity contribution in [2.24, 2.45) is 0 Å². The van der Waals surface area contributed by atoms with Crippen molar-refractivity contribution in [3.05, 3.63) is 48.0 Å². The molecule has 138 valence electrons. The van der Waals surface area contributed by atoms with Gasteiger partial charge < -0.3 is 18.9 Å². The molecule has 2 aromatic rings. The monoisotopic (exact) mass is 392 g/mol. The Morgan fingerprint density at radius 1 is 0.962 bits per heavy atom. The van der Waals surface area contributed by atoms with Crippen LogP contribution in [-0.4, -0.2) is 38.3 Å². The molecule has 0 amide bonds. The van der Waals surface area contributed by atoms with Crippen molar-refractivity contribution < 1.29 is 23.7 Å². The number of rotatable bonds is 7. The molecule has 1 heterocycles. The highest BCUT2D eigenvalue weighted by Crippen LogP contribution is 2.46. The summed E-state index contributed by atoms with van der Waals surface area (Å²) in [6, 6.07) is 12.7. The van der Waals surface area contributed by atoms with Crippen LogP contribution in [0.5, 0.6) is 23.0 Å². The molecule has 2 aromatic carbocycles. The molecule has 1 aliphatic rings. The summed E-state index contributed by atoms with van der Waals surface area (Å²) >= 11 is 3.83. The third kappa shape index (κ3) is 4.80. The number of esters is 1. The highest BCUT2D eigenvalue weighted by molar-refractivity contribution is 8.19. The van der Waals surface area contributed by atoms with Crippen LogP contribution in [0.2, 0.25) is 0 Å². The van der Waals surface area contributed by atoms with Gasteiger partial charge in [-0.1, -0.05) is 6.07 Å². The van der Waals surface area contributed by atoms with Crippen LogP contribution in [0.15, 0.2) is 42.5 Å². The fourth-order valence-corrected chi connectivity index (χ4v) is 5.27. The molecule has 0 unspecified atom stereocenters. The Morgan fingerprint density at radius 2 is 1.65 bits per heavy atom. The van der Waals surface area contributed by atoms with Gasteiger partial charge >= 0.3 is 5.97 Å². The van der Waals surface area contributed by atoms with E-state index in [1.807, 2.05) is 35.7 Å². The predicted molar refractivity (Wildman–Crippen MR) is 105 cm³/mol. The van der Waals surface area contributed by atoms with Gasteiger partial charge in [-0.05, 0) is 42.0 Å². The topological polar surface area (TPSA) is 54.0 Å². The highest BCUT2D eigenvalue weighted by Gasteiger charge is 2.20. The molecule has 0 aromatic heterocycles. The van der Waals surface area contributed by atoms with Crippen molar-refractivity contribution >= 4 is 29.5 Å². The second-order valence-electron chi connectivity index (χ2n) is 5.42. The number of ether oxygens (including phenoxy) is 4. The summed E-state index contributed by atoms with van der Waals surface area (Å²) in [7, 11) is 3.16. The van der Waals surface area contributed by atoms with Gasteiger partial charge in [0.25, 0.3) is 0 Å². The van der Waals surface area contributed by atoms with E-state index in [9.17, 15) is 4.79 Å². The summed E-state index contributed by atoms with van der Waals surface area (Å²) in [4.78, 5) is 12.1. The smallest absolute Gasteiger partial charge is 0.349 e. The lowest BCUT2D eigenvalue weighted by atomic mass is 10.2. The van der Waals surface area contributed by atoms with Crippen LogP contribution in [0.25, 0.3) is 0 Å². The Kier molecular flexibility index (Phi) is 6.57. The van der Waals surface area contributed by atoms with Crippen LogP contribution >= 0.6 is 23.5 Å². The molecule has 0 spiro atoms. The summed E-state index contributed by atoms with van der Waals surface area (Å²) in [6.45, 7) is -0.189. The molecule has 0 aliphatic carbocycles. The zero-order valence-corrected chi connectivity index (χ0v) is 16.2. The maximum Gasteiger partial charge on any atom is 0.349 e. The van der Waals surface area contributed by atoms with Crippen molar-refractivity contribution in [1.82, 2.24) is 0 Å². The van der Waals surface area contributed by atoms with E-state index in [4.69, 9.17) is 18.9 Å². The lowest BCUT2D eigenvalue weighted by Crippen LogP contribution is -2.18. The molecule has 3 rings (SSSR count). The average molecular weight is 392 g/mol. The Bertz CT molecular complexity index is 742. The minimum absolute atomic E-state index is 0.189. The van der Waals surface area contributed by atoms with Gasteiger partial charge in [-0.25, -0.2) is 4.79 Å². The van der Waals surface area contributed by atoms with E-state index in [-0.39, 0.29) is 6.61 Å². The Labute approximate surface area is 161 Å². The summed E-state index contributed by atoms with van der Waals surface area (Å²) in [5, 5.41) is 0. The molecular formula is C19H20O5S2. The number of carbonyl (C=O) groups excluding carboxylic acids is 1. The predicted octanol–water partition coefficient (Wildman–Crippen LogP) is 4.17. The molecule has 26 heavy (non-hydrogen) atoms. The Morgan fingerprint density at radius 3 is 2.31 bits per heavy atom. The van der Waals surface area contributed by atoms with Gasteiger partial charge in [-0.2, -0.15) is 0 Å².